The molecule has 3 rings (SSSR count). The molecule has 1 aliphatic heterocycles. The largest absolute Gasteiger partial charge is 0.495 e. The molecule has 0 saturated carbocycles. The second-order valence-electron chi connectivity index (χ2n) is 6.54. The summed E-state index contributed by atoms with van der Waals surface area (Å²) >= 11 is 6.02. The van der Waals surface area contributed by atoms with Gasteiger partial charge in [0.25, 0.3) is 0 Å². The van der Waals surface area contributed by atoms with E-state index in [2.05, 4.69) is 10.2 Å². The first-order valence-corrected chi connectivity index (χ1v) is 9.04. The summed E-state index contributed by atoms with van der Waals surface area (Å²) in [5.74, 6) is 0.174. The lowest BCUT2D eigenvalue weighted by Crippen LogP contribution is -2.40. The summed E-state index contributed by atoms with van der Waals surface area (Å²) in [7, 11) is 1.56. The molecular weight excluding hydrogens is 355 g/mol. The molecule has 6 heteroatoms. The SMILES string of the molecule is COc1ccc(Cl)cc1NC(=O)C1CCCN(Cc2cccc(F)c2)C1. The molecule has 0 radical (unpaired) electrons. The van der Waals surface area contributed by atoms with Gasteiger partial charge in [0.05, 0.1) is 18.7 Å². The van der Waals surface area contributed by atoms with Crippen molar-refractivity contribution in [1.29, 1.82) is 0 Å². The maximum Gasteiger partial charge on any atom is 0.228 e. The number of likely N-dealkylation sites (tertiary alicyclic amines) is 1. The molecule has 1 fully saturated rings. The zero-order valence-electron chi connectivity index (χ0n) is 14.7. The molecule has 1 atom stereocenters. The molecule has 26 heavy (non-hydrogen) atoms. The van der Waals surface area contributed by atoms with Crippen molar-refractivity contribution in [2.75, 3.05) is 25.5 Å². The van der Waals surface area contributed by atoms with E-state index in [0.717, 1.165) is 24.9 Å². The standard InChI is InChI=1S/C20H22ClFN2O2/c1-26-19-8-7-16(21)11-18(19)23-20(25)15-5-3-9-24(13-15)12-14-4-2-6-17(22)10-14/h2,4,6-8,10-11,15H,3,5,9,12-13H2,1H3,(H,23,25). The molecule has 1 saturated heterocycles. The molecule has 138 valence electrons. The molecule has 1 amide bonds. The molecule has 4 nitrogen and oxygen atoms in total. The predicted octanol–water partition coefficient (Wildman–Crippen LogP) is 4.34. The molecule has 1 unspecified atom stereocenters. The first-order chi connectivity index (χ1) is 12.5. The normalized spacial score (nSPS) is 17.7. The van der Waals surface area contributed by atoms with E-state index in [0.29, 0.717) is 29.5 Å². The number of rotatable bonds is 5. The number of carbonyl (C=O) groups is 1. The highest BCUT2D eigenvalue weighted by atomic mass is 35.5. The minimum absolute atomic E-state index is 0.0468. The minimum atomic E-state index is -0.234. The number of nitrogens with one attached hydrogen (secondary N) is 1. The molecule has 2 aromatic rings. The van der Waals surface area contributed by atoms with Gasteiger partial charge in [0.15, 0.2) is 0 Å². The average molecular weight is 377 g/mol. The second kappa shape index (κ2) is 8.52. The van der Waals surface area contributed by atoms with Gasteiger partial charge < -0.3 is 10.1 Å². The third kappa shape index (κ3) is 4.74. The molecule has 1 N–H and O–H groups in total. The van der Waals surface area contributed by atoms with Crippen LogP contribution >= 0.6 is 11.6 Å². The van der Waals surface area contributed by atoms with Crippen LogP contribution < -0.4 is 10.1 Å². The van der Waals surface area contributed by atoms with Crippen molar-refractivity contribution in [3.63, 3.8) is 0 Å². The van der Waals surface area contributed by atoms with Gasteiger partial charge in [-0.2, -0.15) is 0 Å². The Hall–Kier alpha value is -2.11. The smallest absolute Gasteiger partial charge is 0.228 e. The summed E-state index contributed by atoms with van der Waals surface area (Å²) in [5, 5.41) is 3.47. The van der Waals surface area contributed by atoms with Crippen molar-refractivity contribution in [1.82, 2.24) is 4.90 Å². The van der Waals surface area contributed by atoms with Crippen molar-refractivity contribution in [3.8, 4) is 5.75 Å². The molecular formula is C20H22ClFN2O2. The van der Waals surface area contributed by atoms with Crippen LogP contribution in [0.4, 0.5) is 10.1 Å². The summed E-state index contributed by atoms with van der Waals surface area (Å²) in [6.07, 6.45) is 1.76. The van der Waals surface area contributed by atoms with E-state index in [-0.39, 0.29) is 17.6 Å². The zero-order chi connectivity index (χ0) is 18.5. The molecule has 0 aliphatic carbocycles. The van der Waals surface area contributed by atoms with Gasteiger partial charge in [0, 0.05) is 18.1 Å². The van der Waals surface area contributed by atoms with E-state index in [1.807, 2.05) is 6.07 Å². The number of carbonyl (C=O) groups excluding carboxylic acids is 1. The van der Waals surface area contributed by atoms with Gasteiger partial charge in [-0.1, -0.05) is 23.7 Å². The lowest BCUT2D eigenvalue weighted by molar-refractivity contribution is -0.121. The molecule has 1 heterocycles. The number of methoxy groups -OCH3 is 1. The van der Waals surface area contributed by atoms with Crippen molar-refractivity contribution < 1.29 is 13.9 Å². The highest BCUT2D eigenvalue weighted by Crippen LogP contribution is 2.29. The summed E-state index contributed by atoms with van der Waals surface area (Å²) in [6, 6.07) is 11.7. The Morgan fingerprint density at radius 3 is 2.96 bits per heavy atom. The fourth-order valence-corrected chi connectivity index (χ4v) is 3.49. The lowest BCUT2D eigenvalue weighted by Gasteiger charge is -2.32. The monoisotopic (exact) mass is 376 g/mol. The number of hydrogen-bond acceptors (Lipinski definition) is 3. The molecule has 0 spiro atoms. The van der Waals surface area contributed by atoms with Crippen LogP contribution in [-0.4, -0.2) is 31.0 Å². The van der Waals surface area contributed by atoms with Gasteiger partial charge >= 0.3 is 0 Å². The Morgan fingerprint density at radius 2 is 2.19 bits per heavy atom. The topological polar surface area (TPSA) is 41.6 Å². The van der Waals surface area contributed by atoms with Crippen LogP contribution in [0.1, 0.15) is 18.4 Å². The van der Waals surface area contributed by atoms with Gasteiger partial charge in [-0.15, -0.1) is 0 Å². The van der Waals surface area contributed by atoms with Gasteiger partial charge in [0.2, 0.25) is 5.91 Å². The fraction of sp³-hybridized carbons (Fsp3) is 0.350. The van der Waals surface area contributed by atoms with Gasteiger partial charge in [-0.05, 0) is 55.3 Å². The molecule has 2 aromatic carbocycles. The fourth-order valence-electron chi connectivity index (χ4n) is 3.32. The number of nitrogens with zero attached hydrogens (tertiary/aromatic N) is 1. The maximum absolute atomic E-state index is 13.4. The van der Waals surface area contributed by atoms with Crippen molar-refractivity contribution in [2.45, 2.75) is 19.4 Å². The Balaban J connectivity index is 1.64. The predicted molar refractivity (Wildman–Crippen MR) is 101 cm³/mol. The number of benzene rings is 2. The highest BCUT2D eigenvalue weighted by Gasteiger charge is 2.26. The number of ether oxygens (including phenoxy) is 1. The third-order valence-electron chi connectivity index (χ3n) is 4.59. The van der Waals surface area contributed by atoms with E-state index < -0.39 is 0 Å². The van der Waals surface area contributed by atoms with E-state index in [4.69, 9.17) is 16.3 Å². The minimum Gasteiger partial charge on any atom is -0.495 e. The Kier molecular flexibility index (Phi) is 6.12. The first-order valence-electron chi connectivity index (χ1n) is 8.66. The number of piperidine rings is 1. The highest BCUT2D eigenvalue weighted by molar-refractivity contribution is 6.31. The maximum atomic E-state index is 13.4. The summed E-state index contributed by atoms with van der Waals surface area (Å²) in [4.78, 5) is 14.9. The number of anilines is 1. The van der Waals surface area contributed by atoms with Crippen LogP contribution in [-0.2, 0) is 11.3 Å². The summed E-state index contributed by atoms with van der Waals surface area (Å²) < 4.78 is 18.6. The van der Waals surface area contributed by atoms with Crippen molar-refractivity contribution >= 4 is 23.2 Å². The van der Waals surface area contributed by atoms with E-state index in [1.165, 1.54) is 6.07 Å². The van der Waals surface area contributed by atoms with E-state index in [1.54, 1.807) is 37.4 Å². The summed E-state index contributed by atoms with van der Waals surface area (Å²) in [5.41, 5.74) is 1.50. The number of halogens is 2. The molecule has 0 aromatic heterocycles. The van der Waals surface area contributed by atoms with E-state index in [9.17, 15) is 9.18 Å². The average Bonchev–Trinajstić information content (AvgIpc) is 2.62. The third-order valence-corrected chi connectivity index (χ3v) is 4.83. The molecule has 0 bridgehead atoms. The Bertz CT molecular complexity index is 784. The van der Waals surface area contributed by atoms with Crippen LogP contribution in [0.3, 0.4) is 0 Å². The van der Waals surface area contributed by atoms with Gasteiger partial charge in [-0.25, -0.2) is 4.39 Å². The van der Waals surface area contributed by atoms with Crippen molar-refractivity contribution in [3.05, 3.63) is 58.9 Å². The van der Waals surface area contributed by atoms with Crippen LogP contribution in [0.15, 0.2) is 42.5 Å². The van der Waals surface area contributed by atoms with Crippen LogP contribution in [0.2, 0.25) is 5.02 Å². The zero-order valence-corrected chi connectivity index (χ0v) is 15.4. The number of hydrogen-bond donors (Lipinski definition) is 1. The van der Waals surface area contributed by atoms with Gasteiger partial charge in [-0.3, -0.25) is 9.69 Å². The quantitative estimate of drug-likeness (QED) is 0.844. The molecule has 1 aliphatic rings. The van der Waals surface area contributed by atoms with E-state index >= 15 is 0 Å². The number of amides is 1. The first kappa shape index (κ1) is 18.7. The van der Waals surface area contributed by atoms with Crippen LogP contribution in [0.5, 0.6) is 5.75 Å². The van der Waals surface area contributed by atoms with Crippen LogP contribution in [0.25, 0.3) is 0 Å². The van der Waals surface area contributed by atoms with Crippen LogP contribution in [0, 0.1) is 11.7 Å². The Morgan fingerprint density at radius 1 is 1.35 bits per heavy atom. The van der Waals surface area contributed by atoms with Gasteiger partial charge in [0.1, 0.15) is 11.6 Å². The summed E-state index contributed by atoms with van der Waals surface area (Å²) in [6.45, 7) is 2.19. The van der Waals surface area contributed by atoms with Crippen molar-refractivity contribution in [2.24, 2.45) is 5.92 Å². The second-order valence-corrected chi connectivity index (χ2v) is 6.97. The lowest BCUT2D eigenvalue weighted by atomic mass is 9.96. The Labute approximate surface area is 157 Å².